The van der Waals surface area contributed by atoms with E-state index >= 15 is 0 Å². The molecular weight excluding hydrogens is 202 g/mol. The van der Waals surface area contributed by atoms with Crippen molar-refractivity contribution in [3.8, 4) is 0 Å². The molecule has 0 amide bonds. The minimum Gasteiger partial charge on any atom is -0.381 e. The molecule has 3 nitrogen and oxygen atoms in total. The van der Waals surface area contributed by atoms with Gasteiger partial charge in [0.05, 0.1) is 12.7 Å². The van der Waals surface area contributed by atoms with Crippen molar-refractivity contribution < 1.29 is 9.47 Å². The van der Waals surface area contributed by atoms with Crippen molar-refractivity contribution in [1.29, 1.82) is 0 Å². The summed E-state index contributed by atoms with van der Waals surface area (Å²) < 4.78 is 11.2. The first kappa shape index (κ1) is 12.3. The third-order valence-corrected chi connectivity index (χ3v) is 3.90. The Morgan fingerprint density at radius 3 is 2.75 bits per heavy atom. The minimum atomic E-state index is 0.311. The zero-order chi connectivity index (χ0) is 11.2. The molecule has 0 saturated carbocycles. The van der Waals surface area contributed by atoms with Gasteiger partial charge in [-0.3, -0.25) is 0 Å². The van der Waals surface area contributed by atoms with E-state index in [1.54, 1.807) is 0 Å². The average Bonchev–Trinajstić information content (AvgIpc) is 2.38. The Bertz CT molecular complexity index is 186. The fraction of sp³-hybridized carbons (Fsp3) is 1.00. The predicted molar refractivity (Wildman–Crippen MR) is 64.3 cm³/mol. The second kappa shape index (κ2) is 6.58. The number of hydrogen-bond acceptors (Lipinski definition) is 3. The van der Waals surface area contributed by atoms with E-state index in [9.17, 15) is 0 Å². The molecule has 2 heterocycles. The fourth-order valence-electron chi connectivity index (χ4n) is 2.75. The zero-order valence-corrected chi connectivity index (χ0v) is 10.2. The van der Waals surface area contributed by atoms with Crippen LogP contribution in [-0.2, 0) is 9.47 Å². The second-order valence-electron chi connectivity index (χ2n) is 5.21. The standard InChI is InChI=1S/C13H25NO2/c14-13(11-4-3-8-15-10-11)7-6-12-5-1-2-9-16-12/h11-13H,1-10,14H2. The van der Waals surface area contributed by atoms with Crippen LogP contribution in [0.4, 0.5) is 0 Å². The van der Waals surface area contributed by atoms with Crippen LogP contribution in [0.1, 0.15) is 44.9 Å². The summed E-state index contributed by atoms with van der Waals surface area (Å²) in [4.78, 5) is 0. The lowest BCUT2D eigenvalue weighted by molar-refractivity contribution is 0.00363. The van der Waals surface area contributed by atoms with Crippen LogP contribution in [0, 0.1) is 5.92 Å². The van der Waals surface area contributed by atoms with Gasteiger partial charge >= 0.3 is 0 Å². The summed E-state index contributed by atoms with van der Waals surface area (Å²) in [6.45, 7) is 2.74. The molecule has 3 heteroatoms. The summed E-state index contributed by atoms with van der Waals surface area (Å²) in [5.41, 5.74) is 6.23. The van der Waals surface area contributed by atoms with Crippen molar-refractivity contribution in [3.63, 3.8) is 0 Å². The Hall–Kier alpha value is -0.120. The summed E-state index contributed by atoms with van der Waals surface area (Å²) in [6.07, 6.45) is 8.92. The van der Waals surface area contributed by atoms with Crippen LogP contribution in [0.25, 0.3) is 0 Å². The number of hydrogen-bond donors (Lipinski definition) is 1. The van der Waals surface area contributed by atoms with E-state index in [4.69, 9.17) is 15.2 Å². The Balaban J connectivity index is 1.63. The van der Waals surface area contributed by atoms with Gasteiger partial charge in [-0.2, -0.15) is 0 Å². The van der Waals surface area contributed by atoms with Gasteiger partial charge in [-0.25, -0.2) is 0 Å². The van der Waals surface area contributed by atoms with Crippen LogP contribution >= 0.6 is 0 Å². The van der Waals surface area contributed by atoms with Crippen LogP contribution in [0.3, 0.4) is 0 Å². The number of nitrogens with two attached hydrogens (primary N) is 1. The largest absolute Gasteiger partial charge is 0.381 e. The topological polar surface area (TPSA) is 44.5 Å². The number of ether oxygens (including phenoxy) is 2. The Kier molecular flexibility index (Phi) is 5.07. The molecule has 3 atom stereocenters. The minimum absolute atomic E-state index is 0.311. The maximum atomic E-state index is 6.23. The maximum Gasteiger partial charge on any atom is 0.0575 e. The zero-order valence-electron chi connectivity index (χ0n) is 10.2. The Labute approximate surface area is 98.7 Å². The molecule has 0 radical (unpaired) electrons. The average molecular weight is 227 g/mol. The second-order valence-corrected chi connectivity index (χ2v) is 5.21. The monoisotopic (exact) mass is 227 g/mol. The molecule has 2 rings (SSSR count). The highest BCUT2D eigenvalue weighted by Gasteiger charge is 2.22. The first-order chi connectivity index (χ1) is 7.86. The van der Waals surface area contributed by atoms with Crippen molar-refractivity contribution in [3.05, 3.63) is 0 Å². The maximum absolute atomic E-state index is 6.23. The molecular formula is C13H25NO2. The van der Waals surface area contributed by atoms with Crippen molar-refractivity contribution in [2.75, 3.05) is 19.8 Å². The summed E-state index contributed by atoms with van der Waals surface area (Å²) in [7, 11) is 0. The molecule has 0 aliphatic carbocycles. The smallest absolute Gasteiger partial charge is 0.0575 e. The van der Waals surface area contributed by atoms with E-state index in [0.29, 0.717) is 18.1 Å². The molecule has 0 spiro atoms. The highest BCUT2D eigenvalue weighted by molar-refractivity contribution is 4.77. The number of rotatable bonds is 4. The van der Waals surface area contributed by atoms with E-state index < -0.39 is 0 Å². The van der Waals surface area contributed by atoms with E-state index in [0.717, 1.165) is 32.7 Å². The molecule has 94 valence electrons. The van der Waals surface area contributed by atoms with Crippen molar-refractivity contribution in [2.24, 2.45) is 11.7 Å². The van der Waals surface area contributed by atoms with Gasteiger partial charge in [0, 0.05) is 19.3 Å². The quantitative estimate of drug-likeness (QED) is 0.800. The normalized spacial score (nSPS) is 33.6. The van der Waals surface area contributed by atoms with Crippen LogP contribution in [0.5, 0.6) is 0 Å². The van der Waals surface area contributed by atoms with Gasteiger partial charge in [0.1, 0.15) is 0 Å². The van der Waals surface area contributed by atoms with Crippen LogP contribution in [-0.4, -0.2) is 32.0 Å². The van der Waals surface area contributed by atoms with Crippen molar-refractivity contribution >= 4 is 0 Å². The highest BCUT2D eigenvalue weighted by atomic mass is 16.5. The van der Waals surface area contributed by atoms with Crippen LogP contribution in [0.15, 0.2) is 0 Å². The van der Waals surface area contributed by atoms with Gasteiger partial charge in [-0.15, -0.1) is 0 Å². The van der Waals surface area contributed by atoms with Crippen LogP contribution < -0.4 is 5.73 Å². The molecule has 0 aromatic rings. The van der Waals surface area contributed by atoms with Crippen LogP contribution in [0.2, 0.25) is 0 Å². The van der Waals surface area contributed by atoms with Crippen molar-refractivity contribution in [1.82, 2.24) is 0 Å². The summed E-state index contributed by atoms with van der Waals surface area (Å²) in [5, 5.41) is 0. The van der Waals surface area contributed by atoms with E-state index in [1.807, 2.05) is 0 Å². The fourth-order valence-corrected chi connectivity index (χ4v) is 2.75. The molecule has 2 aliphatic heterocycles. The Morgan fingerprint density at radius 2 is 2.06 bits per heavy atom. The predicted octanol–water partition coefficient (Wildman–Crippen LogP) is 2.09. The lowest BCUT2D eigenvalue weighted by Gasteiger charge is -2.29. The third-order valence-electron chi connectivity index (χ3n) is 3.90. The molecule has 2 saturated heterocycles. The van der Waals surface area contributed by atoms with Gasteiger partial charge in [-0.1, -0.05) is 0 Å². The first-order valence-corrected chi connectivity index (χ1v) is 6.81. The SMILES string of the molecule is NC(CCC1CCCCO1)C1CCCOC1. The summed E-state index contributed by atoms with van der Waals surface area (Å²) in [6, 6.07) is 0.311. The van der Waals surface area contributed by atoms with Gasteiger partial charge in [0.2, 0.25) is 0 Å². The lowest BCUT2D eigenvalue weighted by atomic mass is 9.90. The molecule has 2 aliphatic rings. The molecule has 0 aromatic carbocycles. The van der Waals surface area contributed by atoms with Gasteiger partial charge < -0.3 is 15.2 Å². The van der Waals surface area contributed by atoms with Gasteiger partial charge in [0.25, 0.3) is 0 Å². The highest BCUT2D eigenvalue weighted by Crippen LogP contribution is 2.22. The van der Waals surface area contributed by atoms with E-state index in [-0.39, 0.29) is 0 Å². The molecule has 3 unspecified atom stereocenters. The van der Waals surface area contributed by atoms with E-state index in [1.165, 1.54) is 32.1 Å². The molecule has 16 heavy (non-hydrogen) atoms. The molecule has 0 bridgehead atoms. The molecule has 0 aromatic heterocycles. The molecule has 2 N–H and O–H groups in total. The first-order valence-electron chi connectivity index (χ1n) is 6.81. The van der Waals surface area contributed by atoms with Gasteiger partial charge in [-0.05, 0) is 50.9 Å². The third kappa shape index (κ3) is 3.72. The molecule has 2 fully saturated rings. The Morgan fingerprint density at radius 1 is 1.12 bits per heavy atom. The summed E-state index contributed by atoms with van der Waals surface area (Å²) >= 11 is 0. The van der Waals surface area contributed by atoms with Crippen molar-refractivity contribution in [2.45, 2.75) is 57.1 Å². The lowest BCUT2D eigenvalue weighted by Crippen LogP contribution is -2.36. The van der Waals surface area contributed by atoms with E-state index in [2.05, 4.69) is 0 Å². The van der Waals surface area contributed by atoms with Gasteiger partial charge in [0.15, 0.2) is 0 Å². The summed E-state index contributed by atoms with van der Waals surface area (Å²) in [5.74, 6) is 0.581.